The molecule has 1 nitrogen and oxygen atoms in total. The Morgan fingerprint density at radius 2 is 2.00 bits per heavy atom. The number of hydrogen-bond acceptors (Lipinski definition) is 1. The Kier molecular flexibility index (Phi) is 3.22. The molecule has 1 fully saturated rings. The first-order valence-electron chi connectivity index (χ1n) is 5.18. The topological polar surface area (TPSA) is 17.1 Å². The average Bonchev–Trinajstić information content (AvgIpc) is 3.10. The first-order chi connectivity index (χ1) is 7.31. The zero-order chi connectivity index (χ0) is 10.7. The molecular formula is C13H13ClO. The van der Waals surface area contributed by atoms with Gasteiger partial charge in [0, 0.05) is 17.4 Å². The Morgan fingerprint density at radius 3 is 2.53 bits per heavy atom. The van der Waals surface area contributed by atoms with Crippen LogP contribution in [0.25, 0.3) is 6.08 Å². The van der Waals surface area contributed by atoms with Crippen molar-refractivity contribution in [2.45, 2.75) is 12.8 Å². The SMILES string of the molecule is O=C(c1ccc(C=CCCl)cc1)C1CC1. The lowest BCUT2D eigenvalue weighted by atomic mass is 10.1. The Bertz CT molecular complexity index is 374. The van der Waals surface area contributed by atoms with Gasteiger partial charge in [0.1, 0.15) is 0 Å². The summed E-state index contributed by atoms with van der Waals surface area (Å²) in [5.74, 6) is 1.11. The van der Waals surface area contributed by atoms with E-state index >= 15 is 0 Å². The van der Waals surface area contributed by atoms with Gasteiger partial charge in [-0.3, -0.25) is 4.79 Å². The largest absolute Gasteiger partial charge is 0.294 e. The molecule has 2 heteroatoms. The van der Waals surface area contributed by atoms with Crippen LogP contribution in [0.15, 0.2) is 30.3 Å². The monoisotopic (exact) mass is 220 g/mol. The Labute approximate surface area is 94.8 Å². The Hall–Kier alpha value is -1.08. The quantitative estimate of drug-likeness (QED) is 0.561. The van der Waals surface area contributed by atoms with Gasteiger partial charge in [0.2, 0.25) is 0 Å². The number of benzene rings is 1. The van der Waals surface area contributed by atoms with E-state index in [1.54, 1.807) is 0 Å². The second-order valence-corrected chi connectivity index (χ2v) is 4.13. The van der Waals surface area contributed by atoms with E-state index in [-0.39, 0.29) is 0 Å². The molecule has 2 rings (SSSR count). The second-order valence-electron chi connectivity index (χ2n) is 3.82. The van der Waals surface area contributed by atoms with E-state index in [1.165, 1.54) is 0 Å². The fourth-order valence-electron chi connectivity index (χ4n) is 1.52. The summed E-state index contributed by atoms with van der Waals surface area (Å²) in [5, 5.41) is 0. The lowest BCUT2D eigenvalue weighted by Crippen LogP contribution is -2.00. The molecule has 1 saturated carbocycles. The molecule has 0 heterocycles. The first kappa shape index (κ1) is 10.4. The fraction of sp³-hybridized carbons (Fsp3) is 0.308. The van der Waals surface area contributed by atoms with Gasteiger partial charge in [0.05, 0.1) is 0 Å². The first-order valence-corrected chi connectivity index (χ1v) is 5.71. The van der Waals surface area contributed by atoms with Gasteiger partial charge < -0.3 is 0 Å². The van der Waals surface area contributed by atoms with E-state index in [1.807, 2.05) is 36.4 Å². The molecule has 15 heavy (non-hydrogen) atoms. The fourth-order valence-corrected chi connectivity index (χ4v) is 1.61. The zero-order valence-electron chi connectivity index (χ0n) is 8.45. The number of alkyl halides is 1. The van der Waals surface area contributed by atoms with Gasteiger partial charge in [-0.15, -0.1) is 11.6 Å². The van der Waals surface area contributed by atoms with Crippen molar-refractivity contribution in [1.82, 2.24) is 0 Å². The van der Waals surface area contributed by atoms with E-state index in [0.29, 0.717) is 17.6 Å². The van der Waals surface area contributed by atoms with Crippen LogP contribution in [0.1, 0.15) is 28.8 Å². The second kappa shape index (κ2) is 4.63. The van der Waals surface area contributed by atoms with Crippen molar-refractivity contribution in [2.75, 3.05) is 5.88 Å². The summed E-state index contributed by atoms with van der Waals surface area (Å²) in [5.41, 5.74) is 1.92. The average molecular weight is 221 g/mol. The zero-order valence-corrected chi connectivity index (χ0v) is 9.20. The number of allylic oxidation sites excluding steroid dienone is 1. The molecule has 0 unspecified atom stereocenters. The molecule has 0 radical (unpaired) electrons. The summed E-state index contributed by atoms with van der Waals surface area (Å²) in [6.45, 7) is 0. The van der Waals surface area contributed by atoms with Crippen LogP contribution in [0.5, 0.6) is 0 Å². The molecule has 0 amide bonds. The molecule has 1 aromatic carbocycles. The molecule has 0 bridgehead atoms. The lowest BCUT2D eigenvalue weighted by Gasteiger charge is -1.99. The molecular weight excluding hydrogens is 208 g/mol. The van der Waals surface area contributed by atoms with E-state index in [4.69, 9.17) is 11.6 Å². The molecule has 0 aromatic heterocycles. The van der Waals surface area contributed by atoms with Gasteiger partial charge >= 0.3 is 0 Å². The van der Waals surface area contributed by atoms with Crippen molar-refractivity contribution >= 4 is 23.5 Å². The van der Waals surface area contributed by atoms with Crippen molar-refractivity contribution in [3.63, 3.8) is 0 Å². The molecule has 0 spiro atoms. The number of Topliss-reactive ketones (excluding diaryl/α,β-unsaturated/α-hetero) is 1. The minimum Gasteiger partial charge on any atom is -0.294 e. The number of hydrogen-bond donors (Lipinski definition) is 0. The minimum absolute atomic E-state index is 0.294. The van der Waals surface area contributed by atoms with Gasteiger partial charge in [0.15, 0.2) is 5.78 Å². The van der Waals surface area contributed by atoms with Crippen LogP contribution in [0.3, 0.4) is 0 Å². The van der Waals surface area contributed by atoms with Crippen molar-refractivity contribution < 1.29 is 4.79 Å². The van der Waals surface area contributed by atoms with Crippen molar-refractivity contribution in [1.29, 1.82) is 0 Å². The molecule has 1 aliphatic rings. The smallest absolute Gasteiger partial charge is 0.165 e. The summed E-state index contributed by atoms with van der Waals surface area (Å²) < 4.78 is 0. The summed E-state index contributed by atoms with van der Waals surface area (Å²) in [7, 11) is 0. The van der Waals surface area contributed by atoms with E-state index in [9.17, 15) is 4.79 Å². The Morgan fingerprint density at radius 1 is 1.33 bits per heavy atom. The van der Waals surface area contributed by atoms with E-state index in [0.717, 1.165) is 24.0 Å². The van der Waals surface area contributed by atoms with Crippen LogP contribution < -0.4 is 0 Å². The lowest BCUT2D eigenvalue weighted by molar-refractivity contribution is 0.0967. The highest BCUT2D eigenvalue weighted by molar-refractivity contribution is 6.19. The molecule has 78 valence electrons. The number of rotatable bonds is 4. The molecule has 0 atom stereocenters. The number of carbonyl (C=O) groups excluding carboxylic acids is 1. The molecule has 1 aromatic rings. The summed E-state index contributed by atoms with van der Waals surface area (Å²) in [6.07, 6.45) is 5.97. The van der Waals surface area contributed by atoms with Crippen LogP contribution in [0.2, 0.25) is 0 Å². The van der Waals surface area contributed by atoms with Gasteiger partial charge in [-0.1, -0.05) is 36.4 Å². The number of ketones is 1. The van der Waals surface area contributed by atoms with Crippen LogP contribution in [-0.4, -0.2) is 11.7 Å². The maximum Gasteiger partial charge on any atom is 0.165 e. The molecule has 0 aliphatic heterocycles. The molecule has 1 aliphatic carbocycles. The Balaban J connectivity index is 2.09. The summed E-state index contributed by atoms with van der Waals surface area (Å²) >= 11 is 5.54. The third-order valence-electron chi connectivity index (χ3n) is 2.54. The highest BCUT2D eigenvalue weighted by Crippen LogP contribution is 2.32. The predicted molar refractivity (Wildman–Crippen MR) is 63.3 cm³/mol. The van der Waals surface area contributed by atoms with E-state index < -0.39 is 0 Å². The summed E-state index contributed by atoms with van der Waals surface area (Å²) in [4.78, 5) is 11.7. The summed E-state index contributed by atoms with van der Waals surface area (Å²) in [6, 6.07) is 7.71. The maximum absolute atomic E-state index is 11.7. The highest BCUT2D eigenvalue weighted by atomic mass is 35.5. The molecule has 0 saturated heterocycles. The van der Waals surface area contributed by atoms with Crippen molar-refractivity contribution in [3.8, 4) is 0 Å². The van der Waals surface area contributed by atoms with Gasteiger partial charge in [0.25, 0.3) is 0 Å². The highest BCUT2D eigenvalue weighted by Gasteiger charge is 2.30. The maximum atomic E-state index is 11.7. The standard InChI is InChI=1S/C13H13ClO/c14-9-1-2-10-3-5-11(6-4-10)13(15)12-7-8-12/h1-6,12H,7-9H2. The van der Waals surface area contributed by atoms with Gasteiger partial charge in [-0.25, -0.2) is 0 Å². The minimum atomic E-state index is 0.294. The van der Waals surface area contributed by atoms with Crippen LogP contribution >= 0.6 is 11.6 Å². The van der Waals surface area contributed by atoms with Crippen LogP contribution in [0, 0.1) is 5.92 Å². The third-order valence-corrected chi connectivity index (χ3v) is 2.72. The molecule has 0 N–H and O–H groups in total. The van der Waals surface area contributed by atoms with Crippen molar-refractivity contribution in [3.05, 3.63) is 41.5 Å². The van der Waals surface area contributed by atoms with Crippen LogP contribution in [-0.2, 0) is 0 Å². The van der Waals surface area contributed by atoms with Crippen LogP contribution in [0.4, 0.5) is 0 Å². The predicted octanol–water partition coefficient (Wildman–Crippen LogP) is 3.53. The third kappa shape index (κ3) is 2.69. The van der Waals surface area contributed by atoms with Crippen molar-refractivity contribution in [2.24, 2.45) is 5.92 Å². The number of halogens is 1. The number of carbonyl (C=O) groups is 1. The van der Waals surface area contributed by atoms with Gasteiger partial charge in [-0.2, -0.15) is 0 Å². The normalized spacial score (nSPS) is 15.8. The van der Waals surface area contributed by atoms with Gasteiger partial charge in [-0.05, 0) is 18.4 Å². The van der Waals surface area contributed by atoms with E-state index in [2.05, 4.69) is 0 Å².